The fourth-order valence-electron chi connectivity index (χ4n) is 2.18. The van der Waals surface area contributed by atoms with E-state index in [0.717, 1.165) is 18.4 Å². The molecule has 0 spiro atoms. The average Bonchev–Trinajstić information content (AvgIpc) is 3.31. The third-order valence-electron chi connectivity index (χ3n) is 3.44. The number of hydrogen-bond donors (Lipinski definition) is 0. The van der Waals surface area contributed by atoms with Gasteiger partial charge in [0, 0.05) is 25.6 Å². The van der Waals surface area contributed by atoms with Crippen molar-refractivity contribution in [1.29, 1.82) is 0 Å². The third kappa shape index (κ3) is 3.69. The molecule has 1 fully saturated rings. The van der Waals surface area contributed by atoms with Crippen molar-refractivity contribution in [3.8, 4) is 5.75 Å². The topological polar surface area (TPSA) is 55.8 Å². The molecule has 5 nitrogen and oxygen atoms in total. The predicted octanol–water partition coefficient (Wildman–Crippen LogP) is 2.23. The number of rotatable bonds is 8. The molecule has 0 heterocycles. The lowest BCUT2D eigenvalue weighted by atomic mass is 10.2. The van der Waals surface area contributed by atoms with Gasteiger partial charge in [0.05, 0.1) is 13.7 Å². The molecule has 0 saturated heterocycles. The van der Waals surface area contributed by atoms with Crippen LogP contribution in [0.5, 0.6) is 5.75 Å². The van der Waals surface area contributed by atoms with E-state index in [9.17, 15) is 8.42 Å². The first kappa shape index (κ1) is 16.5. The summed E-state index contributed by atoms with van der Waals surface area (Å²) in [6.45, 7) is 0.724. The van der Waals surface area contributed by atoms with E-state index in [-0.39, 0.29) is 10.9 Å². The Morgan fingerprint density at radius 2 is 2.05 bits per heavy atom. The van der Waals surface area contributed by atoms with Crippen LogP contribution in [0, 0.1) is 0 Å². The van der Waals surface area contributed by atoms with Gasteiger partial charge in [0.25, 0.3) is 0 Å². The number of benzene rings is 1. The fourth-order valence-corrected chi connectivity index (χ4v) is 4.15. The highest BCUT2D eigenvalue weighted by atomic mass is 35.5. The van der Waals surface area contributed by atoms with E-state index >= 15 is 0 Å². The van der Waals surface area contributed by atoms with E-state index in [0.29, 0.717) is 24.8 Å². The quantitative estimate of drug-likeness (QED) is 0.685. The van der Waals surface area contributed by atoms with Crippen molar-refractivity contribution in [2.45, 2.75) is 29.7 Å². The van der Waals surface area contributed by atoms with Crippen molar-refractivity contribution in [3.63, 3.8) is 0 Å². The van der Waals surface area contributed by atoms with Gasteiger partial charge in [0.2, 0.25) is 10.0 Å². The van der Waals surface area contributed by atoms with Crippen LogP contribution in [0.25, 0.3) is 0 Å². The molecule has 0 radical (unpaired) electrons. The summed E-state index contributed by atoms with van der Waals surface area (Å²) in [7, 11) is -0.568. The highest BCUT2D eigenvalue weighted by Crippen LogP contribution is 2.35. The third-order valence-corrected chi connectivity index (χ3v) is 5.74. The van der Waals surface area contributed by atoms with E-state index in [1.165, 1.54) is 11.4 Å². The summed E-state index contributed by atoms with van der Waals surface area (Å²) in [5.74, 6) is 0.642. The average molecular weight is 334 g/mol. The maximum atomic E-state index is 12.9. The van der Waals surface area contributed by atoms with E-state index in [1.54, 1.807) is 25.3 Å². The standard InChI is InChI=1S/C14H20ClNO4S/c1-19-8-7-16(12-4-5-12)21(17,18)14-6-3-11(10-15)9-13(14)20-2/h3,6,9,12H,4-5,7-8,10H2,1-2H3. The zero-order valence-corrected chi connectivity index (χ0v) is 13.8. The van der Waals surface area contributed by atoms with Gasteiger partial charge < -0.3 is 9.47 Å². The molecule has 1 aromatic rings. The van der Waals surface area contributed by atoms with Gasteiger partial charge in [-0.1, -0.05) is 6.07 Å². The Morgan fingerprint density at radius 1 is 1.33 bits per heavy atom. The first-order valence-electron chi connectivity index (χ1n) is 6.78. The van der Waals surface area contributed by atoms with Gasteiger partial charge in [-0.2, -0.15) is 4.31 Å². The molecule has 118 valence electrons. The Morgan fingerprint density at radius 3 is 2.57 bits per heavy atom. The van der Waals surface area contributed by atoms with Crippen molar-refractivity contribution < 1.29 is 17.9 Å². The number of methoxy groups -OCH3 is 2. The number of ether oxygens (including phenoxy) is 2. The summed E-state index contributed by atoms with van der Waals surface area (Å²) in [6.07, 6.45) is 1.79. The van der Waals surface area contributed by atoms with Crippen molar-refractivity contribution >= 4 is 21.6 Å². The molecule has 1 saturated carbocycles. The Bertz CT molecular complexity index is 587. The largest absolute Gasteiger partial charge is 0.495 e. The molecular weight excluding hydrogens is 314 g/mol. The van der Waals surface area contributed by atoms with Gasteiger partial charge in [-0.15, -0.1) is 11.6 Å². The van der Waals surface area contributed by atoms with Crippen LogP contribution >= 0.6 is 11.6 Å². The van der Waals surface area contributed by atoms with Crippen LogP contribution in [-0.4, -0.2) is 46.1 Å². The maximum Gasteiger partial charge on any atom is 0.247 e. The summed E-state index contributed by atoms with van der Waals surface area (Å²) in [4.78, 5) is 0.182. The SMILES string of the molecule is COCCN(C1CC1)S(=O)(=O)c1ccc(CCl)cc1OC. The highest BCUT2D eigenvalue weighted by molar-refractivity contribution is 7.89. The second-order valence-corrected chi connectivity index (χ2v) is 7.08. The molecular formula is C14H20ClNO4S. The molecule has 0 atom stereocenters. The number of sulfonamides is 1. The monoisotopic (exact) mass is 333 g/mol. The lowest BCUT2D eigenvalue weighted by Gasteiger charge is -2.22. The van der Waals surface area contributed by atoms with Crippen molar-refractivity contribution in [1.82, 2.24) is 4.31 Å². The van der Waals surface area contributed by atoms with E-state index in [2.05, 4.69) is 0 Å². The molecule has 21 heavy (non-hydrogen) atoms. The fraction of sp³-hybridized carbons (Fsp3) is 0.571. The number of alkyl halides is 1. The van der Waals surface area contributed by atoms with Crippen molar-refractivity contribution in [2.24, 2.45) is 0 Å². The van der Waals surface area contributed by atoms with Gasteiger partial charge in [-0.05, 0) is 30.5 Å². The van der Waals surface area contributed by atoms with Gasteiger partial charge in [0.15, 0.2) is 0 Å². The number of nitrogens with zero attached hydrogens (tertiary/aromatic N) is 1. The van der Waals surface area contributed by atoms with Gasteiger partial charge in [-0.25, -0.2) is 8.42 Å². The molecule has 1 aromatic carbocycles. The van der Waals surface area contributed by atoms with Crippen LogP contribution in [0.15, 0.2) is 23.1 Å². The Labute approximate surface area is 130 Å². The molecule has 0 bridgehead atoms. The minimum Gasteiger partial charge on any atom is -0.495 e. The summed E-state index contributed by atoms with van der Waals surface area (Å²) in [6, 6.07) is 5.02. The molecule has 0 amide bonds. The summed E-state index contributed by atoms with van der Waals surface area (Å²) in [5.41, 5.74) is 0.822. The number of halogens is 1. The molecule has 1 aliphatic rings. The second-order valence-electron chi connectivity index (χ2n) is 4.96. The Hall–Kier alpha value is -0.820. The minimum atomic E-state index is -3.59. The second kappa shape index (κ2) is 6.96. The summed E-state index contributed by atoms with van der Waals surface area (Å²) in [5, 5.41) is 0. The summed E-state index contributed by atoms with van der Waals surface area (Å²) >= 11 is 5.78. The summed E-state index contributed by atoms with van der Waals surface area (Å²) < 4.78 is 37.5. The van der Waals surface area contributed by atoms with Crippen LogP contribution in [0.4, 0.5) is 0 Å². The van der Waals surface area contributed by atoms with Crippen molar-refractivity contribution in [3.05, 3.63) is 23.8 Å². The normalized spacial score (nSPS) is 15.4. The maximum absolute atomic E-state index is 12.9. The molecule has 0 aliphatic heterocycles. The Balaban J connectivity index is 2.37. The van der Waals surface area contributed by atoms with Crippen LogP contribution in [0.2, 0.25) is 0 Å². The minimum absolute atomic E-state index is 0.0718. The lowest BCUT2D eigenvalue weighted by Crippen LogP contribution is -2.36. The first-order valence-corrected chi connectivity index (χ1v) is 8.75. The molecule has 0 unspecified atom stereocenters. The van der Waals surface area contributed by atoms with Crippen molar-refractivity contribution in [2.75, 3.05) is 27.4 Å². The number of hydrogen-bond acceptors (Lipinski definition) is 4. The van der Waals surface area contributed by atoms with Gasteiger partial charge in [0.1, 0.15) is 10.6 Å². The van der Waals surface area contributed by atoms with E-state index < -0.39 is 10.0 Å². The molecule has 7 heteroatoms. The smallest absolute Gasteiger partial charge is 0.247 e. The molecule has 0 aromatic heterocycles. The predicted molar refractivity (Wildman–Crippen MR) is 81.3 cm³/mol. The first-order chi connectivity index (χ1) is 10.0. The highest BCUT2D eigenvalue weighted by Gasteiger charge is 2.39. The molecule has 1 aliphatic carbocycles. The van der Waals surface area contributed by atoms with E-state index in [4.69, 9.17) is 21.1 Å². The Kier molecular flexibility index (Phi) is 5.48. The van der Waals surface area contributed by atoms with Gasteiger partial charge in [-0.3, -0.25) is 0 Å². The molecule has 2 rings (SSSR count). The van der Waals surface area contributed by atoms with E-state index in [1.807, 2.05) is 0 Å². The van der Waals surface area contributed by atoms with Gasteiger partial charge >= 0.3 is 0 Å². The zero-order valence-electron chi connectivity index (χ0n) is 12.2. The van der Waals surface area contributed by atoms with Crippen LogP contribution < -0.4 is 4.74 Å². The van der Waals surface area contributed by atoms with Crippen LogP contribution in [0.3, 0.4) is 0 Å². The lowest BCUT2D eigenvalue weighted by molar-refractivity contribution is 0.177. The zero-order chi connectivity index (χ0) is 15.5. The van der Waals surface area contributed by atoms with Crippen LogP contribution in [0.1, 0.15) is 18.4 Å². The molecule has 0 N–H and O–H groups in total. The van der Waals surface area contributed by atoms with Crippen LogP contribution in [-0.2, 0) is 20.6 Å².